The molecule has 0 amide bonds. The van der Waals surface area contributed by atoms with Gasteiger partial charge in [-0.2, -0.15) is 5.26 Å². The van der Waals surface area contributed by atoms with Crippen LogP contribution in [-0.4, -0.2) is 50.2 Å². The molecule has 0 aliphatic heterocycles. The van der Waals surface area contributed by atoms with Crippen molar-refractivity contribution in [2.24, 2.45) is 0 Å². The van der Waals surface area contributed by atoms with Crippen molar-refractivity contribution >= 4 is 0 Å². The Bertz CT molecular complexity index is 739. The first-order valence-electron chi connectivity index (χ1n) is 9.90. The highest BCUT2D eigenvalue weighted by molar-refractivity contribution is 5.32. The van der Waals surface area contributed by atoms with Crippen molar-refractivity contribution in [3.63, 3.8) is 0 Å². The largest absolute Gasteiger partial charge is 0.491 e. The number of benzene rings is 2. The van der Waals surface area contributed by atoms with E-state index < -0.39 is 6.10 Å². The molecule has 156 valence electrons. The molecule has 0 bridgehead atoms. The lowest BCUT2D eigenvalue weighted by Gasteiger charge is -2.15. The van der Waals surface area contributed by atoms with Crippen LogP contribution in [0.4, 0.5) is 0 Å². The van der Waals surface area contributed by atoms with Crippen LogP contribution in [0.3, 0.4) is 0 Å². The maximum atomic E-state index is 9.86. The summed E-state index contributed by atoms with van der Waals surface area (Å²) in [7, 11) is 0. The fourth-order valence-electron chi connectivity index (χ4n) is 2.51. The maximum Gasteiger partial charge on any atom is 0.119 e. The number of nitrogens with one attached hydrogen (secondary N) is 1. The molecule has 2 aromatic rings. The van der Waals surface area contributed by atoms with Crippen molar-refractivity contribution in [1.29, 1.82) is 5.26 Å². The first-order valence-corrected chi connectivity index (χ1v) is 9.90. The van der Waals surface area contributed by atoms with E-state index in [4.69, 9.17) is 19.5 Å². The third-order valence-corrected chi connectivity index (χ3v) is 4.14. The number of hydrogen-bond acceptors (Lipinski definition) is 6. The monoisotopic (exact) mass is 398 g/mol. The number of aliphatic hydroxyl groups is 1. The minimum absolute atomic E-state index is 0.243. The second-order valence-corrected chi connectivity index (χ2v) is 7.02. The van der Waals surface area contributed by atoms with Crippen LogP contribution in [-0.2, 0) is 11.2 Å². The molecule has 0 radical (unpaired) electrons. The first-order chi connectivity index (χ1) is 14.1. The molecule has 29 heavy (non-hydrogen) atoms. The SMILES string of the molecule is CC(C)NCC(O)COc1ccc(OCCOCCc2ccc(C#N)cc2)cc1. The zero-order chi connectivity index (χ0) is 20.9. The minimum Gasteiger partial charge on any atom is -0.491 e. The van der Waals surface area contributed by atoms with Crippen LogP contribution in [0.15, 0.2) is 48.5 Å². The Morgan fingerprint density at radius 3 is 2.21 bits per heavy atom. The number of nitriles is 1. The predicted molar refractivity (Wildman–Crippen MR) is 112 cm³/mol. The lowest BCUT2D eigenvalue weighted by Crippen LogP contribution is -2.35. The fraction of sp³-hybridized carbons (Fsp3) is 0.435. The minimum atomic E-state index is -0.547. The summed E-state index contributed by atoms with van der Waals surface area (Å²) in [6.45, 7) is 6.39. The third-order valence-electron chi connectivity index (χ3n) is 4.14. The normalized spacial score (nSPS) is 11.8. The van der Waals surface area contributed by atoms with Gasteiger partial charge in [0, 0.05) is 12.6 Å². The van der Waals surface area contributed by atoms with E-state index in [-0.39, 0.29) is 6.61 Å². The number of ether oxygens (including phenoxy) is 3. The van der Waals surface area contributed by atoms with Crippen LogP contribution in [0.1, 0.15) is 25.0 Å². The highest BCUT2D eigenvalue weighted by Crippen LogP contribution is 2.17. The summed E-state index contributed by atoms with van der Waals surface area (Å²) >= 11 is 0. The second kappa shape index (κ2) is 12.8. The highest BCUT2D eigenvalue weighted by atomic mass is 16.5. The summed E-state index contributed by atoms with van der Waals surface area (Å²) in [5.41, 5.74) is 1.81. The van der Waals surface area contributed by atoms with Gasteiger partial charge in [0.2, 0.25) is 0 Å². The van der Waals surface area contributed by atoms with E-state index in [1.807, 2.05) is 62.4 Å². The third kappa shape index (κ3) is 9.44. The number of nitrogens with zero attached hydrogens (tertiary/aromatic N) is 1. The molecule has 2 aromatic carbocycles. The Hall–Kier alpha value is -2.59. The molecule has 0 fully saturated rings. The van der Waals surface area contributed by atoms with Gasteiger partial charge in [-0.05, 0) is 48.4 Å². The van der Waals surface area contributed by atoms with Gasteiger partial charge >= 0.3 is 0 Å². The molecule has 0 aromatic heterocycles. The predicted octanol–water partition coefficient (Wildman–Crippen LogP) is 2.93. The van der Waals surface area contributed by atoms with Gasteiger partial charge in [0.15, 0.2) is 0 Å². The summed E-state index contributed by atoms with van der Waals surface area (Å²) in [6.07, 6.45) is 0.255. The summed E-state index contributed by atoms with van der Waals surface area (Å²) in [5, 5.41) is 21.8. The van der Waals surface area contributed by atoms with E-state index in [0.29, 0.717) is 43.7 Å². The zero-order valence-corrected chi connectivity index (χ0v) is 17.1. The summed E-state index contributed by atoms with van der Waals surface area (Å²) in [6, 6.07) is 17.3. The molecule has 0 saturated carbocycles. The summed E-state index contributed by atoms with van der Waals surface area (Å²) < 4.78 is 16.8. The molecule has 0 saturated heterocycles. The van der Waals surface area contributed by atoms with Crippen LogP contribution >= 0.6 is 0 Å². The van der Waals surface area contributed by atoms with Crippen LogP contribution in [0.2, 0.25) is 0 Å². The molecule has 0 spiro atoms. The van der Waals surface area contributed by atoms with Gasteiger partial charge in [0.25, 0.3) is 0 Å². The van der Waals surface area contributed by atoms with Crippen molar-refractivity contribution in [1.82, 2.24) is 5.32 Å². The van der Waals surface area contributed by atoms with Gasteiger partial charge in [0.05, 0.1) is 24.8 Å². The summed E-state index contributed by atoms with van der Waals surface area (Å²) in [4.78, 5) is 0. The van der Waals surface area contributed by atoms with Crippen LogP contribution < -0.4 is 14.8 Å². The van der Waals surface area contributed by atoms with Crippen LogP contribution in [0, 0.1) is 11.3 Å². The van der Waals surface area contributed by atoms with Gasteiger partial charge in [-0.1, -0.05) is 26.0 Å². The van der Waals surface area contributed by atoms with Gasteiger partial charge < -0.3 is 24.6 Å². The maximum absolute atomic E-state index is 9.86. The first kappa shape index (κ1) is 22.7. The molecule has 2 rings (SSSR count). The van der Waals surface area contributed by atoms with E-state index in [1.165, 1.54) is 0 Å². The Balaban J connectivity index is 1.57. The molecule has 0 aliphatic carbocycles. The molecular weight excluding hydrogens is 368 g/mol. The Morgan fingerprint density at radius 1 is 0.931 bits per heavy atom. The highest BCUT2D eigenvalue weighted by Gasteiger charge is 2.06. The quantitative estimate of drug-likeness (QED) is 0.505. The fourth-order valence-corrected chi connectivity index (χ4v) is 2.51. The van der Waals surface area contributed by atoms with E-state index in [9.17, 15) is 5.11 Å². The topological polar surface area (TPSA) is 83.7 Å². The van der Waals surface area contributed by atoms with Crippen molar-refractivity contribution in [2.45, 2.75) is 32.4 Å². The van der Waals surface area contributed by atoms with Gasteiger partial charge in [-0.15, -0.1) is 0 Å². The zero-order valence-electron chi connectivity index (χ0n) is 17.1. The van der Waals surface area contributed by atoms with E-state index >= 15 is 0 Å². The van der Waals surface area contributed by atoms with E-state index in [1.54, 1.807) is 0 Å². The molecule has 1 unspecified atom stereocenters. The second-order valence-electron chi connectivity index (χ2n) is 7.02. The molecule has 1 atom stereocenters. The van der Waals surface area contributed by atoms with Crippen molar-refractivity contribution in [3.05, 3.63) is 59.7 Å². The van der Waals surface area contributed by atoms with Gasteiger partial charge in [0.1, 0.15) is 30.8 Å². The van der Waals surface area contributed by atoms with Crippen LogP contribution in [0.25, 0.3) is 0 Å². The molecule has 0 aliphatic rings. The number of rotatable bonds is 13. The average Bonchev–Trinajstić information content (AvgIpc) is 2.74. The van der Waals surface area contributed by atoms with Crippen LogP contribution in [0.5, 0.6) is 11.5 Å². The van der Waals surface area contributed by atoms with Crippen molar-refractivity contribution in [3.8, 4) is 17.6 Å². The summed E-state index contributed by atoms with van der Waals surface area (Å²) in [5.74, 6) is 1.44. The van der Waals surface area contributed by atoms with E-state index in [0.717, 1.165) is 17.7 Å². The molecule has 6 heteroatoms. The Labute approximate surface area is 173 Å². The number of hydrogen-bond donors (Lipinski definition) is 2. The molecule has 6 nitrogen and oxygen atoms in total. The Morgan fingerprint density at radius 2 is 1.59 bits per heavy atom. The Kier molecular flexibility index (Phi) is 10.0. The van der Waals surface area contributed by atoms with Gasteiger partial charge in [-0.25, -0.2) is 0 Å². The van der Waals surface area contributed by atoms with Crippen molar-refractivity contribution < 1.29 is 19.3 Å². The lowest BCUT2D eigenvalue weighted by molar-refractivity contribution is 0.102. The average molecular weight is 399 g/mol. The molecule has 2 N–H and O–H groups in total. The smallest absolute Gasteiger partial charge is 0.119 e. The standard InChI is InChI=1S/C23H30N2O4/c1-18(2)25-16-21(26)17-29-23-9-7-22(8-10-23)28-14-13-27-12-11-19-3-5-20(15-24)6-4-19/h3-10,18,21,25-26H,11-14,16-17H2,1-2H3. The number of aliphatic hydroxyl groups excluding tert-OH is 1. The molecular formula is C23H30N2O4. The van der Waals surface area contributed by atoms with Gasteiger partial charge in [-0.3, -0.25) is 0 Å². The molecule has 0 heterocycles. The van der Waals surface area contributed by atoms with Crippen molar-refractivity contribution in [2.75, 3.05) is 33.0 Å². The van der Waals surface area contributed by atoms with E-state index in [2.05, 4.69) is 11.4 Å². The lowest BCUT2D eigenvalue weighted by atomic mass is 10.1.